The third-order valence-electron chi connectivity index (χ3n) is 2.88. The van der Waals surface area contributed by atoms with Crippen LogP contribution in [0.15, 0.2) is 6.07 Å². The van der Waals surface area contributed by atoms with Gasteiger partial charge in [0, 0.05) is 23.1 Å². The highest BCUT2D eigenvalue weighted by Crippen LogP contribution is 2.37. The number of phenols is 1. The summed E-state index contributed by atoms with van der Waals surface area (Å²) >= 11 is 0. The molecular formula is C12H16O2. The van der Waals surface area contributed by atoms with Gasteiger partial charge in [0.2, 0.25) is 0 Å². The van der Waals surface area contributed by atoms with Crippen molar-refractivity contribution in [2.24, 2.45) is 0 Å². The Morgan fingerprint density at radius 2 is 2.00 bits per heavy atom. The minimum Gasteiger partial charge on any atom is -0.508 e. The minimum atomic E-state index is 0.439. The number of rotatable bonds is 2. The van der Waals surface area contributed by atoms with E-state index in [1.807, 2.05) is 6.07 Å². The largest absolute Gasteiger partial charge is 0.508 e. The molecule has 14 heavy (non-hydrogen) atoms. The molecule has 1 aromatic rings. The van der Waals surface area contributed by atoms with Crippen LogP contribution in [0.4, 0.5) is 0 Å². The van der Waals surface area contributed by atoms with Gasteiger partial charge in [0.05, 0.1) is 6.61 Å². The lowest BCUT2D eigenvalue weighted by Gasteiger charge is -2.12. The summed E-state index contributed by atoms with van der Waals surface area (Å²) < 4.78 is 5.61. The highest BCUT2D eigenvalue weighted by molar-refractivity contribution is 5.54. The first-order valence-corrected chi connectivity index (χ1v) is 5.27. The van der Waals surface area contributed by atoms with Crippen molar-refractivity contribution in [1.82, 2.24) is 0 Å². The molecule has 1 aromatic carbocycles. The molecule has 0 saturated heterocycles. The predicted octanol–water partition coefficient (Wildman–Crippen LogP) is 2.45. The lowest BCUT2D eigenvalue weighted by Crippen LogP contribution is -1.96. The van der Waals surface area contributed by atoms with Crippen LogP contribution in [0, 0.1) is 0 Å². The molecule has 0 spiro atoms. The van der Waals surface area contributed by atoms with E-state index >= 15 is 0 Å². The smallest absolute Gasteiger partial charge is 0.126 e. The Bertz CT molecular complexity index is 352. The van der Waals surface area contributed by atoms with Crippen LogP contribution in [0.1, 0.15) is 30.5 Å². The molecule has 2 rings (SSSR count). The third kappa shape index (κ3) is 1.26. The Morgan fingerprint density at radius 3 is 2.64 bits per heavy atom. The van der Waals surface area contributed by atoms with Crippen molar-refractivity contribution in [3.05, 3.63) is 22.8 Å². The van der Waals surface area contributed by atoms with E-state index in [9.17, 15) is 5.11 Å². The van der Waals surface area contributed by atoms with Gasteiger partial charge in [-0.2, -0.15) is 0 Å². The Kier molecular flexibility index (Phi) is 2.36. The van der Waals surface area contributed by atoms with Crippen LogP contribution in [-0.2, 0) is 19.3 Å². The molecule has 0 aliphatic carbocycles. The summed E-state index contributed by atoms with van der Waals surface area (Å²) in [4.78, 5) is 0. The first kappa shape index (κ1) is 9.38. The second kappa shape index (κ2) is 3.52. The van der Waals surface area contributed by atoms with E-state index in [2.05, 4.69) is 13.8 Å². The van der Waals surface area contributed by atoms with Gasteiger partial charge in [-0.25, -0.2) is 0 Å². The van der Waals surface area contributed by atoms with Crippen LogP contribution >= 0.6 is 0 Å². The van der Waals surface area contributed by atoms with Gasteiger partial charge in [0.25, 0.3) is 0 Å². The first-order chi connectivity index (χ1) is 6.77. The summed E-state index contributed by atoms with van der Waals surface area (Å²) in [6.07, 6.45) is 2.73. The number of aromatic hydroxyl groups is 1. The molecule has 0 atom stereocenters. The van der Waals surface area contributed by atoms with Crippen molar-refractivity contribution >= 4 is 0 Å². The molecule has 0 unspecified atom stereocenters. The molecule has 1 heterocycles. The molecule has 0 fully saturated rings. The van der Waals surface area contributed by atoms with Crippen LogP contribution in [-0.4, -0.2) is 11.7 Å². The summed E-state index contributed by atoms with van der Waals surface area (Å²) in [5.74, 6) is 1.47. The summed E-state index contributed by atoms with van der Waals surface area (Å²) in [7, 11) is 0. The highest BCUT2D eigenvalue weighted by Gasteiger charge is 2.20. The summed E-state index contributed by atoms with van der Waals surface area (Å²) in [6, 6.07) is 1.86. The van der Waals surface area contributed by atoms with Crippen molar-refractivity contribution < 1.29 is 9.84 Å². The van der Waals surface area contributed by atoms with Gasteiger partial charge in [-0.1, -0.05) is 13.8 Å². The van der Waals surface area contributed by atoms with Gasteiger partial charge in [-0.3, -0.25) is 0 Å². The van der Waals surface area contributed by atoms with Crippen molar-refractivity contribution in [3.8, 4) is 11.5 Å². The molecule has 1 N–H and O–H groups in total. The highest BCUT2D eigenvalue weighted by atomic mass is 16.5. The molecule has 1 aliphatic heterocycles. The van der Waals surface area contributed by atoms with Crippen LogP contribution in [0.5, 0.6) is 11.5 Å². The zero-order valence-corrected chi connectivity index (χ0v) is 8.76. The van der Waals surface area contributed by atoms with E-state index in [0.717, 1.165) is 42.7 Å². The number of phenolic OH excluding ortho intramolecular Hbond substituents is 1. The second-order valence-electron chi connectivity index (χ2n) is 3.65. The number of hydrogen-bond donors (Lipinski definition) is 1. The first-order valence-electron chi connectivity index (χ1n) is 5.27. The van der Waals surface area contributed by atoms with E-state index in [-0.39, 0.29) is 0 Å². The Hall–Kier alpha value is -1.18. The molecule has 0 bridgehead atoms. The third-order valence-corrected chi connectivity index (χ3v) is 2.88. The van der Waals surface area contributed by atoms with Crippen LogP contribution in [0.3, 0.4) is 0 Å². The fourth-order valence-corrected chi connectivity index (χ4v) is 2.20. The predicted molar refractivity (Wildman–Crippen MR) is 56.1 cm³/mol. The number of hydrogen-bond acceptors (Lipinski definition) is 2. The molecule has 0 amide bonds. The van der Waals surface area contributed by atoms with Gasteiger partial charge < -0.3 is 9.84 Å². The van der Waals surface area contributed by atoms with Crippen LogP contribution in [0.2, 0.25) is 0 Å². The van der Waals surface area contributed by atoms with Gasteiger partial charge in [-0.15, -0.1) is 0 Å². The lowest BCUT2D eigenvalue weighted by molar-refractivity contribution is 0.353. The SMILES string of the molecule is CCc1c(O)cc2c(c1CC)OCC2. The summed E-state index contributed by atoms with van der Waals surface area (Å²) in [5.41, 5.74) is 3.41. The number of benzene rings is 1. The molecule has 2 nitrogen and oxygen atoms in total. The zero-order chi connectivity index (χ0) is 10.1. The van der Waals surface area contributed by atoms with Crippen molar-refractivity contribution in [2.75, 3.05) is 6.61 Å². The molecule has 76 valence electrons. The zero-order valence-electron chi connectivity index (χ0n) is 8.76. The molecule has 0 saturated carbocycles. The fraction of sp³-hybridized carbons (Fsp3) is 0.500. The van der Waals surface area contributed by atoms with Gasteiger partial charge >= 0.3 is 0 Å². The van der Waals surface area contributed by atoms with Crippen molar-refractivity contribution in [2.45, 2.75) is 33.1 Å². The van der Waals surface area contributed by atoms with E-state index in [1.54, 1.807) is 0 Å². The Balaban J connectivity index is 2.62. The molecule has 2 heteroatoms. The summed E-state index contributed by atoms with van der Waals surface area (Å²) in [5, 5.41) is 9.83. The average molecular weight is 192 g/mol. The molecule has 1 aliphatic rings. The molecule has 0 aromatic heterocycles. The van der Waals surface area contributed by atoms with E-state index in [1.165, 1.54) is 5.56 Å². The van der Waals surface area contributed by atoms with E-state index < -0.39 is 0 Å². The van der Waals surface area contributed by atoms with Gasteiger partial charge in [-0.05, 0) is 18.9 Å². The molecule has 0 radical (unpaired) electrons. The normalized spacial score (nSPS) is 13.9. The standard InChI is InChI=1S/C12H16O2/c1-3-9-10(4-2)12-8(5-6-14-12)7-11(9)13/h7,13H,3-6H2,1-2H3. The van der Waals surface area contributed by atoms with Gasteiger partial charge in [0.15, 0.2) is 0 Å². The summed E-state index contributed by atoms with van der Waals surface area (Å²) in [6.45, 7) is 4.93. The van der Waals surface area contributed by atoms with Crippen LogP contribution in [0.25, 0.3) is 0 Å². The number of ether oxygens (including phenoxy) is 1. The van der Waals surface area contributed by atoms with Crippen molar-refractivity contribution in [1.29, 1.82) is 0 Å². The maximum absolute atomic E-state index is 9.83. The lowest BCUT2D eigenvalue weighted by atomic mass is 9.97. The van der Waals surface area contributed by atoms with E-state index in [0.29, 0.717) is 5.75 Å². The molecular weight excluding hydrogens is 176 g/mol. The monoisotopic (exact) mass is 192 g/mol. The quantitative estimate of drug-likeness (QED) is 0.780. The van der Waals surface area contributed by atoms with Crippen LogP contribution < -0.4 is 4.74 Å². The fourth-order valence-electron chi connectivity index (χ4n) is 2.20. The topological polar surface area (TPSA) is 29.5 Å². The Labute approximate surface area is 84.5 Å². The average Bonchev–Trinajstić information content (AvgIpc) is 2.62. The maximum Gasteiger partial charge on any atom is 0.126 e. The van der Waals surface area contributed by atoms with Gasteiger partial charge in [0.1, 0.15) is 11.5 Å². The Morgan fingerprint density at radius 1 is 1.29 bits per heavy atom. The minimum absolute atomic E-state index is 0.439. The van der Waals surface area contributed by atoms with E-state index in [4.69, 9.17) is 4.74 Å². The maximum atomic E-state index is 9.83. The van der Waals surface area contributed by atoms with Crippen molar-refractivity contribution in [3.63, 3.8) is 0 Å². The number of fused-ring (bicyclic) bond motifs is 1. The second-order valence-corrected chi connectivity index (χ2v) is 3.65.